The highest BCUT2D eigenvalue weighted by molar-refractivity contribution is 5.90. The highest BCUT2D eigenvalue weighted by Crippen LogP contribution is 2.17. The Hall–Kier alpha value is -2.39. The molecule has 0 bridgehead atoms. The zero-order valence-electron chi connectivity index (χ0n) is 9.80. The van der Waals surface area contributed by atoms with Gasteiger partial charge in [-0.15, -0.1) is 0 Å². The highest BCUT2D eigenvalue weighted by Gasteiger charge is 2.13. The number of ether oxygens (including phenoxy) is 1. The number of nitro groups is 1. The van der Waals surface area contributed by atoms with Crippen LogP contribution < -0.4 is 5.73 Å². The molecule has 0 saturated heterocycles. The van der Waals surface area contributed by atoms with Gasteiger partial charge in [0.1, 0.15) is 0 Å². The van der Waals surface area contributed by atoms with Crippen LogP contribution in [0.2, 0.25) is 0 Å². The maximum absolute atomic E-state index is 11.4. The second kappa shape index (κ2) is 6.37. The van der Waals surface area contributed by atoms with E-state index in [-0.39, 0.29) is 11.3 Å². The Labute approximate surface area is 104 Å². The predicted molar refractivity (Wildman–Crippen MR) is 65.0 cm³/mol. The fourth-order valence-electron chi connectivity index (χ4n) is 1.26. The minimum atomic E-state index is -0.638. The van der Waals surface area contributed by atoms with E-state index in [0.29, 0.717) is 18.5 Å². The summed E-state index contributed by atoms with van der Waals surface area (Å²) in [6, 6.07) is 3.90. The molecule has 6 heteroatoms. The molecule has 0 aliphatic heterocycles. The molecule has 0 unspecified atom stereocenters. The van der Waals surface area contributed by atoms with Crippen LogP contribution in [-0.4, -0.2) is 24.5 Å². The molecule has 0 spiro atoms. The van der Waals surface area contributed by atoms with Gasteiger partial charge in [0.2, 0.25) is 0 Å². The van der Waals surface area contributed by atoms with Crippen LogP contribution in [0.4, 0.5) is 5.69 Å². The number of nitro benzene ring substituents is 1. The molecule has 0 heterocycles. The van der Waals surface area contributed by atoms with Gasteiger partial charge in [-0.2, -0.15) is 0 Å². The first-order valence-electron chi connectivity index (χ1n) is 5.15. The summed E-state index contributed by atoms with van der Waals surface area (Å²) in [5, 5.41) is 10.7. The van der Waals surface area contributed by atoms with Crippen molar-refractivity contribution in [2.75, 3.05) is 13.7 Å². The van der Waals surface area contributed by atoms with E-state index in [4.69, 9.17) is 5.73 Å². The van der Waals surface area contributed by atoms with E-state index in [9.17, 15) is 14.9 Å². The smallest absolute Gasteiger partial charge is 0.338 e. The third-order valence-electron chi connectivity index (χ3n) is 2.05. The van der Waals surface area contributed by atoms with Gasteiger partial charge in [0.15, 0.2) is 0 Å². The fraction of sp³-hybridized carbons (Fsp3) is 0.250. The number of carbonyl (C=O) groups is 1. The van der Waals surface area contributed by atoms with Gasteiger partial charge in [-0.25, -0.2) is 4.79 Å². The number of non-ortho nitro benzene ring substituents is 1. The van der Waals surface area contributed by atoms with E-state index in [2.05, 4.69) is 16.6 Å². The lowest BCUT2D eigenvalue weighted by Gasteiger charge is -2.00. The third kappa shape index (κ3) is 3.57. The lowest BCUT2D eigenvalue weighted by atomic mass is 10.1. The molecule has 0 saturated carbocycles. The number of hydrogen-bond acceptors (Lipinski definition) is 5. The molecule has 0 fully saturated rings. The van der Waals surface area contributed by atoms with E-state index >= 15 is 0 Å². The Morgan fingerprint density at radius 2 is 2.22 bits per heavy atom. The van der Waals surface area contributed by atoms with E-state index in [0.717, 1.165) is 6.07 Å². The summed E-state index contributed by atoms with van der Waals surface area (Å²) in [4.78, 5) is 21.5. The monoisotopic (exact) mass is 248 g/mol. The summed E-state index contributed by atoms with van der Waals surface area (Å²) >= 11 is 0. The van der Waals surface area contributed by atoms with Crippen molar-refractivity contribution in [3.63, 3.8) is 0 Å². The zero-order valence-corrected chi connectivity index (χ0v) is 9.80. The minimum Gasteiger partial charge on any atom is -0.465 e. The summed E-state index contributed by atoms with van der Waals surface area (Å²) in [5.74, 6) is 4.83. The maximum atomic E-state index is 11.4. The van der Waals surface area contributed by atoms with Crippen LogP contribution in [-0.2, 0) is 4.74 Å². The number of nitrogens with zero attached hydrogens (tertiary/aromatic N) is 1. The number of benzene rings is 1. The molecule has 1 aromatic carbocycles. The predicted octanol–water partition coefficient (Wildman–Crippen LogP) is 1.08. The van der Waals surface area contributed by atoms with Gasteiger partial charge in [0.05, 0.1) is 17.6 Å². The van der Waals surface area contributed by atoms with Gasteiger partial charge in [0.25, 0.3) is 5.69 Å². The van der Waals surface area contributed by atoms with Crippen molar-refractivity contribution in [3.8, 4) is 11.8 Å². The van der Waals surface area contributed by atoms with Crippen molar-refractivity contribution in [1.29, 1.82) is 0 Å². The van der Waals surface area contributed by atoms with Crippen LogP contribution in [0.1, 0.15) is 22.3 Å². The van der Waals surface area contributed by atoms with E-state index in [1.54, 1.807) is 0 Å². The van der Waals surface area contributed by atoms with Crippen LogP contribution in [0.5, 0.6) is 0 Å². The molecule has 0 amide bonds. The number of esters is 1. The van der Waals surface area contributed by atoms with Crippen molar-refractivity contribution in [2.45, 2.75) is 6.42 Å². The Morgan fingerprint density at radius 3 is 2.78 bits per heavy atom. The zero-order chi connectivity index (χ0) is 13.5. The molecule has 2 N–H and O–H groups in total. The highest BCUT2D eigenvalue weighted by atomic mass is 16.6. The van der Waals surface area contributed by atoms with Crippen molar-refractivity contribution in [3.05, 3.63) is 39.4 Å². The first-order chi connectivity index (χ1) is 8.58. The van der Waals surface area contributed by atoms with Gasteiger partial charge in [-0.1, -0.05) is 11.8 Å². The lowest BCUT2D eigenvalue weighted by Crippen LogP contribution is -2.03. The van der Waals surface area contributed by atoms with Crippen LogP contribution in [0.15, 0.2) is 18.2 Å². The second-order valence-corrected chi connectivity index (χ2v) is 3.36. The molecule has 1 aromatic rings. The lowest BCUT2D eigenvalue weighted by molar-refractivity contribution is -0.384. The molecular formula is C12H12N2O4. The maximum Gasteiger partial charge on any atom is 0.338 e. The van der Waals surface area contributed by atoms with E-state index < -0.39 is 10.9 Å². The molecule has 94 valence electrons. The molecule has 0 radical (unpaired) electrons. The Bertz CT molecular complexity index is 529. The SMILES string of the molecule is COC(=O)c1cc(C#CCCN)cc([N+](=O)[O-])c1. The quantitative estimate of drug-likeness (QED) is 0.374. The summed E-state index contributed by atoms with van der Waals surface area (Å²) in [6.07, 6.45) is 0.482. The average Bonchev–Trinajstić information content (AvgIpc) is 2.37. The normalized spacial score (nSPS) is 9.22. The molecule has 0 aliphatic rings. The Morgan fingerprint density at radius 1 is 1.50 bits per heavy atom. The van der Waals surface area contributed by atoms with Gasteiger partial charge >= 0.3 is 5.97 Å². The standard InChI is InChI=1S/C12H12N2O4/c1-18-12(15)10-6-9(4-2-3-5-13)7-11(8-10)14(16)17/h6-8H,3,5,13H2,1H3. The van der Waals surface area contributed by atoms with Gasteiger partial charge in [-0.05, 0) is 6.07 Å². The molecule has 18 heavy (non-hydrogen) atoms. The summed E-state index contributed by atoms with van der Waals surface area (Å²) in [5.41, 5.74) is 5.57. The molecule has 6 nitrogen and oxygen atoms in total. The van der Waals surface area contributed by atoms with Crippen molar-refractivity contribution in [1.82, 2.24) is 0 Å². The van der Waals surface area contributed by atoms with Crippen LogP contribution in [0.3, 0.4) is 0 Å². The number of carbonyl (C=O) groups excluding carboxylic acids is 1. The summed E-state index contributed by atoms with van der Waals surface area (Å²) in [6.45, 7) is 0.409. The first kappa shape index (κ1) is 13.7. The first-order valence-corrected chi connectivity index (χ1v) is 5.15. The number of methoxy groups -OCH3 is 1. The topological polar surface area (TPSA) is 95.5 Å². The van der Waals surface area contributed by atoms with Crippen molar-refractivity contribution >= 4 is 11.7 Å². The Kier molecular flexibility index (Phi) is 4.84. The van der Waals surface area contributed by atoms with Gasteiger partial charge in [-0.3, -0.25) is 10.1 Å². The average molecular weight is 248 g/mol. The van der Waals surface area contributed by atoms with Gasteiger partial charge in [0, 0.05) is 30.7 Å². The summed E-state index contributed by atoms with van der Waals surface area (Å²) in [7, 11) is 1.21. The third-order valence-corrected chi connectivity index (χ3v) is 2.05. The molecule has 1 rings (SSSR count). The number of rotatable bonds is 3. The number of hydrogen-bond donors (Lipinski definition) is 1. The number of nitrogens with two attached hydrogens (primary N) is 1. The van der Waals surface area contributed by atoms with E-state index in [1.165, 1.54) is 19.2 Å². The fourth-order valence-corrected chi connectivity index (χ4v) is 1.26. The molecule has 0 aromatic heterocycles. The molecule has 0 atom stereocenters. The Balaban J connectivity index is 3.19. The van der Waals surface area contributed by atoms with Crippen LogP contribution >= 0.6 is 0 Å². The van der Waals surface area contributed by atoms with E-state index in [1.807, 2.05) is 0 Å². The van der Waals surface area contributed by atoms with Crippen molar-refractivity contribution < 1.29 is 14.5 Å². The molecule has 0 aliphatic carbocycles. The minimum absolute atomic E-state index is 0.101. The van der Waals surface area contributed by atoms with Crippen LogP contribution in [0, 0.1) is 22.0 Å². The van der Waals surface area contributed by atoms with Crippen molar-refractivity contribution in [2.24, 2.45) is 5.73 Å². The van der Waals surface area contributed by atoms with Crippen LogP contribution in [0.25, 0.3) is 0 Å². The summed E-state index contributed by atoms with van der Waals surface area (Å²) < 4.78 is 4.52. The van der Waals surface area contributed by atoms with Gasteiger partial charge < -0.3 is 10.5 Å². The largest absolute Gasteiger partial charge is 0.465 e. The second-order valence-electron chi connectivity index (χ2n) is 3.36. The molecular weight excluding hydrogens is 236 g/mol.